The number of ether oxygens (including phenoxy) is 3. The van der Waals surface area contributed by atoms with Crippen LogP contribution in [0.2, 0.25) is 0 Å². The molecule has 3 aromatic carbocycles. The molecule has 9 rings (SSSR count). The van der Waals surface area contributed by atoms with E-state index in [1.807, 2.05) is 29.2 Å². The molecule has 1 amide bonds. The average Bonchev–Trinajstić information content (AvgIpc) is 3.81. The molecule has 9 N–H and O–H groups in total. The van der Waals surface area contributed by atoms with Crippen molar-refractivity contribution in [1.82, 2.24) is 16.0 Å². The Morgan fingerprint density at radius 2 is 1.58 bits per heavy atom. The van der Waals surface area contributed by atoms with E-state index in [0.29, 0.717) is 24.1 Å². The summed E-state index contributed by atoms with van der Waals surface area (Å²) in [5.41, 5.74) is 6.93. The Balaban J connectivity index is 1.24. The highest BCUT2D eigenvalue weighted by atomic mass is 16.7. The van der Waals surface area contributed by atoms with Crippen LogP contribution < -0.4 is 31.3 Å². The van der Waals surface area contributed by atoms with Gasteiger partial charge in [0.1, 0.15) is 42.9 Å². The van der Waals surface area contributed by atoms with Gasteiger partial charge in [-0.3, -0.25) is 30.8 Å². The number of phenolic OH excluding ortho intramolecular Hbond substituents is 1. The number of hydrogen-bond acceptors (Lipinski definition) is 14. The van der Waals surface area contributed by atoms with Gasteiger partial charge in [-0.05, 0) is 37.0 Å². The number of carbonyl (C=O) groups excluding carboxylic acids is 3. The fraction of sp³-hybridized carbons (Fsp3) is 0.447. The molecule has 15 nitrogen and oxygen atoms in total. The highest BCUT2D eigenvalue weighted by Crippen LogP contribution is 2.50. The van der Waals surface area contributed by atoms with Crippen molar-refractivity contribution >= 4 is 23.2 Å². The van der Waals surface area contributed by atoms with E-state index >= 15 is 0 Å². The topological polar surface area (TPSA) is 225 Å². The quantitative estimate of drug-likeness (QED) is 0.139. The van der Waals surface area contributed by atoms with E-state index in [0.717, 1.165) is 18.4 Å². The average molecular weight is 728 g/mol. The van der Waals surface area contributed by atoms with Gasteiger partial charge in [0.2, 0.25) is 12.2 Å². The normalized spacial score (nSPS) is 33.2. The zero-order valence-corrected chi connectivity index (χ0v) is 28.6. The largest absolute Gasteiger partial charge is 0.504 e. The van der Waals surface area contributed by atoms with Crippen LogP contribution >= 0.6 is 0 Å². The van der Waals surface area contributed by atoms with E-state index in [4.69, 9.17) is 19.9 Å². The Labute approximate surface area is 304 Å². The standard InChI is InChI=1S/C38H41N5O10/c39-37-41-34-25(35(50)42-37)40-16-43(34)23-10-4-3-7-18(23)17-11-14-51-38(12-5-6-13-38)33-30(48)29(47)31(49)36(53-33)52-32-21(17)15-22-24(28(32)46)27(45)20-9-2-1-8-19(20)26(22)44/h1-4,7-10,15,17,25,29-31,33-34,36-37,40-41,46-49H,5-6,11-14,16,39H2,(H,42,50)/t17-,25-,29+,30+,31-,33+,34-,36-,37-/m0/s1. The van der Waals surface area contributed by atoms with Gasteiger partial charge in [-0.2, -0.15) is 0 Å². The van der Waals surface area contributed by atoms with Gasteiger partial charge in [-0.15, -0.1) is 0 Å². The molecule has 4 aliphatic heterocycles. The van der Waals surface area contributed by atoms with Crippen LogP contribution in [0.1, 0.15) is 81.0 Å². The van der Waals surface area contributed by atoms with E-state index in [-0.39, 0.29) is 53.6 Å². The molecule has 0 radical (unpaired) electrons. The molecule has 6 aliphatic rings. The number of para-hydroxylation sites is 1. The summed E-state index contributed by atoms with van der Waals surface area (Å²) >= 11 is 0. The number of hydrogen-bond donors (Lipinski definition) is 8. The summed E-state index contributed by atoms with van der Waals surface area (Å²) in [7, 11) is 0. The number of fused-ring (bicyclic) bond motifs is 7. The third-order valence-corrected chi connectivity index (χ3v) is 11.8. The van der Waals surface area contributed by atoms with Crippen LogP contribution in [0, 0.1) is 0 Å². The van der Waals surface area contributed by atoms with Crippen LogP contribution in [0.5, 0.6) is 11.5 Å². The van der Waals surface area contributed by atoms with Crippen molar-refractivity contribution in [3.05, 3.63) is 88.0 Å². The van der Waals surface area contributed by atoms with Crippen LogP contribution in [0.4, 0.5) is 5.69 Å². The lowest BCUT2D eigenvalue weighted by molar-refractivity contribution is -0.309. The molecule has 0 aromatic heterocycles. The first-order valence-electron chi connectivity index (χ1n) is 18.1. The van der Waals surface area contributed by atoms with Crippen molar-refractivity contribution < 1.29 is 49.0 Å². The van der Waals surface area contributed by atoms with Crippen molar-refractivity contribution in [3.63, 3.8) is 0 Å². The van der Waals surface area contributed by atoms with Crippen LogP contribution in [0.15, 0.2) is 54.6 Å². The Hall–Kier alpha value is -4.45. The molecule has 53 heavy (non-hydrogen) atoms. The summed E-state index contributed by atoms with van der Waals surface area (Å²) in [5, 5.41) is 55.0. The first kappa shape index (κ1) is 34.3. The Morgan fingerprint density at radius 1 is 0.868 bits per heavy atom. The van der Waals surface area contributed by atoms with E-state index in [1.165, 1.54) is 6.07 Å². The maximum Gasteiger partial charge on any atom is 0.242 e. The minimum atomic E-state index is -1.76. The summed E-state index contributed by atoms with van der Waals surface area (Å²) in [6.45, 7) is 0.408. The van der Waals surface area contributed by atoms with Crippen LogP contribution in [-0.2, 0) is 14.3 Å². The molecule has 3 aromatic rings. The zero-order valence-electron chi connectivity index (χ0n) is 28.6. The summed E-state index contributed by atoms with van der Waals surface area (Å²) < 4.78 is 19.4. The molecular formula is C38H41N5O10. The minimum Gasteiger partial charge on any atom is -0.504 e. The number of aliphatic hydroxyl groups is 3. The van der Waals surface area contributed by atoms with Gasteiger partial charge in [-0.1, -0.05) is 55.3 Å². The number of anilines is 1. The second-order valence-corrected chi connectivity index (χ2v) is 14.7. The van der Waals surface area contributed by atoms with Gasteiger partial charge in [0, 0.05) is 40.5 Å². The lowest BCUT2D eigenvalue weighted by atomic mass is 9.79. The first-order chi connectivity index (χ1) is 25.6. The molecule has 2 bridgehead atoms. The maximum absolute atomic E-state index is 14.1. The van der Waals surface area contributed by atoms with Gasteiger partial charge >= 0.3 is 0 Å². The van der Waals surface area contributed by atoms with Crippen molar-refractivity contribution in [2.75, 3.05) is 18.2 Å². The number of aliphatic hydroxyl groups excluding tert-OH is 3. The lowest BCUT2D eigenvalue weighted by Crippen LogP contribution is -2.70. The third-order valence-electron chi connectivity index (χ3n) is 11.8. The van der Waals surface area contributed by atoms with Crippen molar-refractivity contribution in [1.29, 1.82) is 0 Å². The Bertz CT molecular complexity index is 2000. The van der Waals surface area contributed by atoms with Crippen LogP contribution in [0.25, 0.3) is 0 Å². The van der Waals surface area contributed by atoms with Gasteiger partial charge < -0.3 is 44.9 Å². The summed E-state index contributed by atoms with van der Waals surface area (Å²) in [5.74, 6) is -2.79. The minimum absolute atomic E-state index is 0.0166. The number of rotatable bonds is 2. The molecule has 0 unspecified atom stereocenters. The molecule has 1 spiro atoms. The van der Waals surface area contributed by atoms with Crippen molar-refractivity contribution in [2.45, 2.75) is 92.8 Å². The first-order valence-corrected chi connectivity index (χ1v) is 18.1. The third kappa shape index (κ3) is 5.29. The molecule has 15 heteroatoms. The smallest absolute Gasteiger partial charge is 0.242 e. The number of aromatic hydroxyl groups is 1. The molecule has 4 heterocycles. The van der Waals surface area contributed by atoms with E-state index in [9.17, 15) is 34.8 Å². The van der Waals surface area contributed by atoms with Crippen LogP contribution in [0.3, 0.4) is 0 Å². The molecule has 278 valence electrons. The van der Waals surface area contributed by atoms with E-state index < -0.39 is 78.0 Å². The van der Waals surface area contributed by atoms with Crippen LogP contribution in [-0.4, -0.2) is 106 Å². The number of nitrogens with one attached hydrogen (secondary N) is 3. The number of amides is 1. The molecule has 4 fully saturated rings. The highest BCUT2D eigenvalue weighted by molar-refractivity contribution is 6.29. The molecule has 3 saturated heterocycles. The summed E-state index contributed by atoms with van der Waals surface area (Å²) in [6, 6.07) is 14.9. The van der Waals surface area contributed by atoms with Crippen molar-refractivity contribution in [2.24, 2.45) is 5.73 Å². The SMILES string of the molecule is N[C@@H]1NC(=O)[C@H]2NCN(c3ccccc3[C@@H]3CCOC4(CCCC4)[C@@H]4O[C@H](Oc5c3cc3c(c5O)C(=O)c5ccccc5C3=O)[C@@H](O)[C@H](O)[C@H]4O)[C@@H]2N1. The Morgan fingerprint density at radius 3 is 2.36 bits per heavy atom. The maximum atomic E-state index is 14.1. The zero-order chi connectivity index (χ0) is 36.8. The lowest BCUT2D eigenvalue weighted by Gasteiger charge is -2.47. The van der Waals surface area contributed by atoms with E-state index in [1.54, 1.807) is 24.3 Å². The molecule has 1 saturated carbocycles. The van der Waals surface area contributed by atoms with Crippen molar-refractivity contribution in [3.8, 4) is 11.5 Å². The number of nitrogens with two attached hydrogens (primary N) is 1. The predicted octanol–water partition coefficient (Wildman–Crippen LogP) is 0.243. The molecule has 2 aliphatic carbocycles. The number of phenols is 1. The van der Waals surface area contributed by atoms with Gasteiger partial charge in [-0.25, -0.2) is 0 Å². The second kappa shape index (κ2) is 12.8. The fourth-order valence-corrected chi connectivity index (χ4v) is 9.22. The molecular weight excluding hydrogens is 686 g/mol. The monoisotopic (exact) mass is 727 g/mol. The highest BCUT2D eigenvalue weighted by Gasteiger charge is 2.56. The summed E-state index contributed by atoms with van der Waals surface area (Å²) in [6.07, 6.45) is -6.05. The van der Waals surface area contributed by atoms with Gasteiger partial charge in [0.25, 0.3) is 0 Å². The molecule has 9 atom stereocenters. The number of ketones is 2. The van der Waals surface area contributed by atoms with Gasteiger partial charge in [0.05, 0.1) is 17.8 Å². The Kier molecular flexibility index (Phi) is 8.32. The van der Waals surface area contributed by atoms with E-state index in [2.05, 4.69) is 16.0 Å². The summed E-state index contributed by atoms with van der Waals surface area (Å²) in [4.78, 5) is 43.0. The fourth-order valence-electron chi connectivity index (χ4n) is 9.22. The number of nitrogens with zero attached hydrogens (tertiary/aromatic N) is 1. The van der Waals surface area contributed by atoms with Gasteiger partial charge in [0.15, 0.2) is 23.1 Å². The predicted molar refractivity (Wildman–Crippen MR) is 186 cm³/mol. The second-order valence-electron chi connectivity index (χ2n) is 14.7. The number of carbonyl (C=O) groups is 3. The number of benzene rings is 3.